The molecule has 28 heavy (non-hydrogen) atoms. The SMILES string of the molecule is CNC(=O)c1cc(N2CCN(CCO)CC2)ccc1Cc1cc(Cl)ncc1Cl. The molecule has 1 fully saturated rings. The highest BCUT2D eigenvalue weighted by molar-refractivity contribution is 6.32. The Morgan fingerprint density at radius 1 is 1.18 bits per heavy atom. The number of aliphatic hydroxyl groups is 1. The summed E-state index contributed by atoms with van der Waals surface area (Å²) in [4.78, 5) is 21.0. The predicted molar refractivity (Wildman–Crippen MR) is 113 cm³/mol. The van der Waals surface area contributed by atoms with E-state index in [0.717, 1.165) is 43.0 Å². The van der Waals surface area contributed by atoms with Crippen LogP contribution in [0.5, 0.6) is 0 Å². The van der Waals surface area contributed by atoms with Gasteiger partial charge in [-0.2, -0.15) is 0 Å². The maximum atomic E-state index is 12.5. The number of hydrogen-bond donors (Lipinski definition) is 2. The van der Waals surface area contributed by atoms with Gasteiger partial charge in [0.25, 0.3) is 5.91 Å². The molecule has 8 heteroatoms. The number of piperazine rings is 1. The van der Waals surface area contributed by atoms with Gasteiger partial charge in [-0.05, 0) is 35.7 Å². The van der Waals surface area contributed by atoms with E-state index in [9.17, 15) is 4.79 Å². The second-order valence-electron chi connectivity index (χ2n) is 6.75. The van der Waals surface area contributed by atoms with Crippen LogP contribution in [0.1, 0.15) is 21.5 Å². The Balaban J connectivity index is 1.84. The molecule has 1 saturated heterocycles. The van der Waals surface area contributed by atoms with Crippen molar-refractivity contribution in [2.75, 3.05) is 51.3 Å². The van der Waals surface area contributed by atoms with Crippen LogP contribution in [-0.2, 0) is 6.42 Å². The number of anilines is 1. The molecule has 2 N–H and O–H groups in total. The Kier molecular flexibility index (Phi) is 7.13. The first-order chi connectivity index (χ1) is 13.5. The highest BCUT2D eigenvalue weighted by Crippen LogP contribution is 2.26. The maximum Gasteiger partial charge on any atom is 0.251 e. The third kappa shape index (κ3) is 4.94. The minimum Gasteiger partial charge on any atom is -0.395 e. The highest BCUT2D eigenvalue weighted by atomic mass is 35.5. The number of carbonyl (C=O) groups excluding carboxylic acids is 1. The third-order valence-electron chi connectivity index (χ3n) is 5.00. The Hall–Kier alpha value is -1.86. The van der Waals surface area contributed by atoms with E-state index in [4.69, 9.17) is 28.3 Å². The van der Waals surface area contributed by atoms with E-state index in [0.29, 0.717) is 28.7 Å². The molecule has 3 rings (SSSR count). The Labute approximate surface area is 175 Å². The van der Waals surface area contributed by atoms with Crippen LogP contribution in [0.2, 0.25) is 10.2 Å². The maximum absolute atomic E-state index is 12.5. The second-order valence-corrected chi connectivity index (χ2v) is 7.54. The van der Waals surface area contributed by atoms with Gasteiger partial charge in [-0.1, -0.05) is 29.3 Å². The van der Waals surface area contributed by atoms with Crippen LogP contribution in [0.25, 0.3) is 0 Å². The average Bonchev–Trinajstić information content (AvgIpc) is 2.71. The fourth-order valence-electron chi connectivity index (χ4n) is 3.42. The molecule has 2 heterocycles. The van der Waals surface area contributed by atoms with Gasteiger partial charge in [0.1, 0.15) is 5.15 Å². The zero-order valence-corrected chi connectivity index (χ0v) is 17.3. The minimum absolute atomic E-state index is 0.132. The number of nitrogens with one attached hydrogen (secondary N) is 1. The molecule has 0 unspecified atom stereocenters. The molecule has 1 aliphatic heterocycles. The molecular formula is C20H24Cl2N4O2. The number of aromatic nitrogens is 1. The van der Waals surface area contributed by atoms with E-state index >= 15 is 0 Å². The van der Waals surface area contributed by atoms with E-state index in [1.54, 1.807) is 13.1 Å². The van der Waals surface area contributed by atoms with E-state index in [2.05, 4.69) is 20.1 Å². The quantitative estimate of drug-likeness (QED) is 0.699. The number of benzene rings is 1. The van der Waals surface area contributed by atoms with Gasteiger partial charge in [0.05, 0.1) is 11.6 Å². The molecule has 1 aromatic heterocycles. The first kappa shape index (κ1) is 20.9. The molecule has 1 amide bonds. The summed E-state index contributed by atoms with van der Waals surface area (Å²) >= 11 is 12.3. The van der Waals surface area contributed by atoms with Crippen molar-refractivity contribution in [2.24, 2.45) is 0 Å². The summed E-state index contributed by atoms with van der Waals surface area (Å²) in [6.45, 7) is 4.38. The molecule has 150 valence electrons. The number of carbonyl (C=O) groups is 1. The standard InChI is InChI=1S/C20H24Cl2N4O2/c1-23-20(28)17-12-16(26-6-4-25(5-7-26)8-9-27)3-2-14(17)10-15-11-19(22)24-13-18(15)21/h2-3,11-13,27H,4-10H2,1H3,(H,23,28). The molecule has 1 aromatic carbocycles. The largest absolute Gasteiger partial charge is 0.395 e. The summed E-state index contributed by atoms with van der Waals surface area (Å²) in [7, 11) is 1.63. The first-order valence-electron chi connectivity index (χ1n) is 9.25. The van der Waals surface area contributed by atoms with Crippen LogP contribution in [-0.4, -0.2) is 67.3 Å². The van der Waals surface area contributed by atoms with E-state index in [1.165, 1.54) is 6.20 Å². The van der Waals surface area contributed by atoms with Crippen LogP contribution in [0.3, 0.4) is 0 Å². The predicted octanol–water partition coefficient (Wildman–Crippen LogP) is 2.45. The number of nitrogens with zero attached hydrogens (tertiary/aromatic N) is 3. The molecule has 6 nitrogen and oxygen atoms in total. The fourth-order valence-corrected chi connectivity index (χ4v) is 3.77. The first-order valence-corrected chi connectivity index (χ1v) is 10.0. The minimum atomic E-state index is -0.132. The molecule has 1 aliphatic rings. The van der Waals surface area contributed by atoms with Crippen molar-refractivity contribution in [3.63, 3.8) is 0 Å². The highest BCUT2D eigenvalue weighted by Gasteiger charge is 2.19. The van der Waals surface area contributed by atoms with Crippen LogP contribution < -0.4 is 10.2 Å². The molecule has 0 aliphatic carbocycles. The smallest absolute Gasteiger partial charge is 0.251 e. The van der Waals surface area contributed by atoms with Crippen LogP contribution in [0, 0.1) is 0 Å². The second kappa shape index (κ2) is 9.56. The van der Waals surface area contributed by atoms with Crippen molar-refractivity contribution < 1.29 is 9.90 Å². The van der Waals surface area contributed by atoms with Crippen molar-refractivity contribution in [3.05, 3.63) is 57.3 Å². The topological polar surface area (TPSA) is 68.7 Å². The van der Waals surface area contributed by atoms with Crippen molar-refractivity contribution in [1.29, 1.82) is 0 Å². The molecule has 0 atom stereocenters. The summed E-state index contributed by atoms with van der Waals surface area (Å²) in [5, 5.41) is 12.7. The van der Waals surface area contributed by atoms with Gasteiger partial charge in [-0.25, -0.2) is 4.98 Å². The Morgan fingerprint density at radius 2 is 1.93 bits per heavy atom. The number of β-amino-alcohol motifs (C(OH)–C–C–N with tert-alkyl or cyclic N) is 1. The lowest BCUT2D eigenvalue weighted by Gasteiger charge is -2.36. The molecular weight excluding hydrogens is 399 g/mol. The third-order valence-corrected chi connectivity index (χ3v) is 5.55. The Morgan fingerprint density at radius 3 is 2.61 bits per heavy atom. The number of rotatable bonds is 6. The zero-order chi connectivity index (χ0) is 20.1. The molecule has 0 radical (unpaired) electrons. The van der Waals surface area contributed by atoms with Gasteiger partial charge in [0.15, 0.2) is 0 Å². The summed E-state index contributed by atoms with van der Waals surface area (Å²) in [5.41, 5.74) is 3.36. The number of halogens is 2. The molecule has 0 saturated carbocycles. The van der Waals surface area contributed by atoms with Gasteiger partial charge < -0.3 is 15.3 Å². The molecule has 2 aromatic rings. The molecule has 0 bridgehead atoms. The summed E-state index contributed by atoms with van der Waals surface area (Å²) in [6.07, 6.45) is 2.02. The number of pyridine rings is 1. The van der Waals surface area contributed by atoms with E-state index in [-0.39, 0.29) is 12.5 Å². The van der Waals surface area contributed by atoms with Gasteiger partial charge in [-0.15, -0.1) is 0 Å². The van der Waals surface area contributed by atoms with Crippen molar-refractivity contribution >= 4 is 34.8 Å². The van der Waals surface area contributed by atoms with Crippen LogP contribution >= 0.6 is 23.2 Å². The molecule has 0 spiro atoms. The van der Waals surface area contributed by atoms with Gasteiger partial charge in [0, 0.05) is 57.2 Å². The lowest BCUT2D eigenvalue weighted by Crippen LogP contribution is -2.47. The summed E-state index contributed by atoms with van der Waals surface area (Å²) < 4.78 is 0. The van der Waals surface area contributed by atoms with Crippen LogP contribution in [0.4, 0.5) is 5.69 Å². The number of hydrogen-bond acceptors (Lipinski definition) is 5. The zero-order valence-electron chi connectivity index (χ0n) is 15.8. The summed E-state index contributed by atoms with van der Waals surface area (Å²) in [5.74, 6) is -0.132. The number of amides is 1. The normalized spacial score (nSPS) is 14.9. The monoisotopic (exact) mass is 422 g/mol. The lowest BCUT2D eigenvalue weighted by atomic mass is 9.98. The van der Waals surface area contributed by atoms with E-state index in [1.807, 2.05) is 18.2 Å². The van der Waals surface area contributed by atoms with Crippen molar-refractivity contribution in [2.45, 2.75) is 6.42 Å². The van der Waals surface area contributed by atoms with Gasteiger partial charge >= 0.3 is 0 Å². The fraction of sp³-hybridized carbons (Fsp3) is 0.400. The summed E-state index contributed by atoms with van der Waals surface area (Å²) in [6, 6.07) is 7.68. The number of aliphatic hydroxyl groups excluding tert-OH is 1. The Bertz CT molecular complexity index is 839. The van der Waals surface area contributed by atoms with Crippen molar-refractivity contribution in [1.82, 2.24) is 15.2 Å². The lowest BCUT2D eigenvalue weighted by molar-refractivity contribution is 0.0962. The van der Waals surface area contributed by atoms with Gasteiger partial charge in [-0.3, -0.25) is 9.69 Å². The van der Waals surface area contributed by atoms with Crippen molar-refractivity contribution in [3.8, 4) is 0 Å². The average molecular weight is 423 g/mol. The van der Waals surface area contributed by atoms with E-state index < -0.39 is 0 Å². The van der Waals surface area contributed by atoms with Gasteiger partial charge in [0.2, 0.25) is 0 Å². The van der Waals surface area contributed by atoms with Crippen LogP contribution in [0.15, 0.2) is 30.5 Å².